The maximum atomic E-state index is 13.0. The minimum absolute atomic E-state index is 0.205. The van der Waals surface area contributed by atoms with Crippen LogP contribution in [0.25, 0.3) is 6.08 Å². The van der Waals surface area contributed by atoms with Crippen molar-refractivity contribution in [2.45, 2.75) is 27.7 Å². The summed E-state index contributed by atoms with van der Waals surface area (Å²) in [7, 11) is 1.57. The highest BCUT2D eigenvalue weighted by atomic mass is 16.5. The predicted molar refractivity (Wildman–Crippen MR) is 117 cm³/mol. The number of hydrogen-bond donors (Lipinski definition) is 0. The number of methoxy groups -OCH3 is 1. The van der Waals surface area contributed by atoms with Crippen LogP contribution in [0.4, 0.5) is 0 Å². The van der Waals surface area contributed by atoms with Gasteiger partial charge in [0.1, 0.15) is 5.75 Å². The molecule has 30 heavy (non-hydrogen) atoms. The third-order valence-electron chi connectivity index (χ3n) is 4.12. The summed E-state index contributed by atoms with van der Waals surface area (Å²) in [6, 6.07) is 8.88. The van der Waals surface area contributed by atoms with Crippen molar-refractivity contribution in [3.8, 4) is 28.7 Å². The van der Waals surface area contributed by atoms with E-state index in [1.807, 2.05) is 33.8 Å². The fraction of sp³-hybridized carbons (Fsp3) is 0.375. The molecule has 2 rings (SSSR count). The van der Waals surface area contributed by atoms with E-state index in [9.17, 15) is 4.79 Å². The van der Waals surface area contributed by atoms with Crippen molar-refractivity contribution in [2.75, 3.05) is 33.5 Å². The van der Waals surface area contributed by atoms with Gasteiger partial charge in [0.2, 0.25) is 0 Å². The number of rotatable bonds is 12. The molecule has 0 aliphatic rings. The highest BCUT2D eigenvalue weighted by Gasteiger charge is 2.17. The lowest BCUT2D eigenvalue weighted by atomic mass is 10.1. The summed E-state index contributed by atoms with van der Waals surface area (Å²) >= 11 is 0. The number of ketones is 1. The standard InChI is InChI=1S/C24H30O6/c1-6-27-18-15-17(23(29-8-3)22(16-18)26-5)13-14-20(25)19-11-10-12-21(28-7-2)24(19)30-9-4/h10-16H,6-9H2,1-5H3. The quantitative estimate of drug-likeness (QED) is 0.352. The third-order valence-corrected chi connectivity index (χ3v) is 4.12. The van der Waals surface area contributed by atoms with Crippen LogP contribution in [0.15, 0.2) is 36.4 Å². The van der Waals surface area contributed by atoms with Gasteiger partial charge in [-0.1, -0.05) is 6.07 Å². The van der Waals surface area contributed by atoms with E-state index in [4.69, 9.17) is 23.7 Å². The van der Waals surface area contributed by atoms with Gasteiger partial charge in [-0.2, -0.15) is 0 Å². The van der Waals surface area contributed by atoms with Crippen molar-refractivity contribution >= 4 is 11.9 Å². The van der Waals surface area contributed by atoms with Crippen molar-refractivity contribution in [3.05, 3.63) is 47.5 Å². The maximum Gasteiger partial charge on any atom is 0.189 e. The van der Waals surface area contributed by atoms with E-state index in [0.717, 1.165) is 0 Å². The molecule has 0 saturated carbocycles. The van der Waals surface area contributed by atoms with Gasteiger partial charge in [0.25, 0.3) is 0 Å². The monoisotopic (exact) mass is 414 g/mol. The highest BCUT2D eigenvalue weighted by molar-refractivity contribution is 6.09. The molecule has 0 fully saturated rings. The SMILES string of the molecule is CCOc1cc(C=CC(=O)c2cccc(OCC)c2OCC)c(OCC)c(OC)c1. The Labute approximate surface area is 178 Å². The van der Waals surface area contributed by atoms with E-state index < -0.39 is 0 Å². The first-order valence-electron chi connectivity index (χ1n) is 10.2. The van der Waals surface area contributed by atoms with Crippen molar-refractivity contribution in [2.24, 2.45) is 0 Å². The minimum atomic E-state index is -0.205. The average molecular weight is 414 g/mol. The topological polar surface area (TPSA) is 63.2 Å². The molecule has 0 saturated heterocycles. The van der Waals surface area contributed by atoms with Crippen molar-refractivity contribution in [3.63, 3.8) is 0 Å². The van der Waals surface area contributed by atoms with Gasteiger partial charge in [0, 0.05) is 11.6 Å². The number of hydrogen-bond acceptors (Lipinski definition) is 6. The fourth-order valence-electron chi connectivity index (χ4n) is 2.95. The number of carbonyl (C=O) groups excluding carboxylic acids is 1. The van der Waals surface area contributed by atoms with Crippen molar-refractivity contribution in [1.29, 1.82) is 0 Å². The molecule has 2 aromatic carbocycles. The smallest absolute Gasteiger partial charge is 0.189 e. The van der Waals surface area contributed by atoms with Crippen LogP contribution in [0, 0.1) is 0 Å². The lowest BCUT2D eigenvalue weighted by molar-refractivity contribution is 0.104. The van der Waals surface area contributed by atoms with Gasteiger partial charge in [-0.05, 0) is 58.0 Å². The van der Waals surface area contributed by atoms with E-state index >= 15 is 0 Å². The third kappa shape index (κ3) is 5.69. The van der Waals surface area contributed by atoms with Crippen LogP contribution in [0.1, 0.15) is 43.6 Å². The Hall–Kier alpha value is -3.15. The Morgan fingerprint density at radius 3 is 2.13 bits per heavy atom. The van der Waals surface area contributed by atoms with Crippen LogP contribution in [-0.4, -0.2) is 39.3 Å². The second-order valence-corrected chi connectivity index (χ2v) is 6.11. The van der Waals surface area contributed by atoms with E-state index in [0.29, 0.717) is 66.3 Å². The minimum Gasteiger partial charge on any atom is -0.494 e. The summed E-state index contributed by atoms with van der Waals surface area (Å²) in [6.07, 6.45) is 3.18. The molecule has 0 atom stereocenters. The van der Waals surface area contributed by atoms with Gasteiger partial charge < -0.3 is 23.7 Å². The zero-order valence-corrected chi connectivity index (χ0v) is 18.3. The van der Waals surface area contributed by atoms with Crippen LogP contribution in [0.3, 0.4) is 0 Å². The van der Waals surface area contributed by atoms with E-state index in [1.54, 1.807) is 37.5 Å². The highest BCUT2D eigenvalue weighted by Crippen LogP contribution is 2.37. The Morgan fingerprint density at radius 1 is 0.833 bits per heavy atom. The largest absolute Gasteiger partial charge is 0.494 e. The molecule has 0 amide bonds. The summed E-state index contributed by atoms with van der Waals surface area (Å²) < 4.78 is 28.1. The summed E-state index contributed by atoms with van der Waals surface area (Å²) in [5.41, 5.74) is 1.12. The molecule has 0 aliphatic carbocycles. The summed E-state index contributed by atoms with van der Waals surface area (Å²) in [5, 5.41) is 0. The van der Waals surface area contributed by atoms with Gasteiger partial charge in [-0.15, -0.1) is 0 Å². The molecule has 0 N–H and O–H groups in total. The zero-order valence-electron chi connectivity index (χ0n) is 18.3. The number of benzene rings is 2. The van der Waals surface area contributed by atoms with Crippen LogP contribution >= 0.6 is 0 Å². The zero-order chi connectivity index (χ0) is 21.9. The molecule has 0 aromatic heterocycles. The van der Waals surface area contributed by atoms with Gasteiger partial charge >= 0.3 is 0 Å². The van der Waals surface area contributed by atoms with Gasteiger partial charge in [-0.3, -0.25) is 4.79 Å². The number of para-hydroxylation sites is 1. The van der Waals surface area contributed by atoms with E-state index in [-0.39, 0.29) is 5.78 Å². The summed E-state index contributed by atoms with van der Waals surface area (Å²) in [6.45, 7) is 9.44. The first kappa shape index (κ1) is 23.1. The molecular weight excluding hydrogens is 384 g/mol. The Bertz CT molecular complexity index is 872. The summed E-state index contributed by atoms with van der Waals surface area (Å²) in [5.74, 6) is 2.53. The molecule has 0 bridgehead atoms. The van der Waals surface area contributed by atoms with Crippen molar-refractivity contribution in [1.82, 2.24) is 0 Å². The number of carbonyl (C=O) groups is 1. The molecule has 162 valence electrons. The molecule has 0 radical (unpaired) electrons. The average Bonchev–Trinajstić information content (AvgIpc) is 2.75. The first-order valence-corrected chi connectivity index (χ1v) is 10.2. The number of ether oxygens (including phenoxy) is 5. The second-order valence-electron chi connectivity index (χ2n) is 6.11. The van der Waals surface area contributed by atoms with Crippen LogP contribution in [-0.2, 0) is 0 Å². The molecule has 0 aliphatic heterocycles. The molecule has 6 heteroatoms. The van der Waals surface area contributed by atoms with E-state index in [2.05, 4.69) is 0 Å². The fourth-order valence-corrected chi connectivity index (χ4v) is 2.95. The first-order chi connectivity index (χ1) is 14.6. The normalized spacial score (nSPS) is 10.7. The molecule has 2 aromatic rings. The van der Waals surface area contributed by atoms with Crippen LogP contribution in [0.5, 0.6) is 28.7 Å². The lowest BCUT2D eigenvalue weighted by Gasteiger charge is -2.15. The lowest BCUT2D eigenvalue weighted by Crippen LogP contribution is -2.05. The molecule has 6 nitrogen and oxygen atoms in total. The summed E-state index contributed by atoms with van der Waals surface area (Å²) in [4.78, 5) is 13.0. The Balaban J connectivity index is 2.45. The molecule has 0 unspecified atom stereocenters. The molecule has 0 spiro atoms. The van der Waals surface area contributed by atoms with Crippen molar-refractivity contribution < 1.29 is 28.5 Å². The molecule has 0 heterocycles. The van der Waals surface area contributed by atoms with Crippen LogP contribution < -0.4 is 23.7 Å². The predicted octanol–water partition coefficient (Wildman–Crippen LogP) is 5.19. The Kier molecular flexibility index (Phi) is 9.06. The van der Waals surface area contributed by atoms with Crippen LogP contribution in [0.2, 0.25) is 0 Å². The maximum absolute atomic E-state index is 13.0. The van der Waals surface area contributed by atoms with Gasteiger partial charge in [-0.25, -0.2) is 0 Å². The van der Waals surface area contributed by atoms with Gasteiger partial charge in [0.15, 0.2) is 28.8 Å². The number of allylic oxidation sites excluding steroid dienone is 1. The van der Waals surface area contributed by atoms with Gasteiger partial charge in [0.05, 0.1) is 39.1 Å². The second kappa shape index (κ2) is 11.8. The molecular formula is C24H30O6. The van der Waals surface area contributed by atoms with E-state index in [1.165, 1.54) is 6.08 Å². The Morgan fingerprint density at radius 2 is 1.50 bits per heavy atom.